The van der Waals surface area contributed by atoms with Crippen LogP contribution in [0.15, 0.2) is 12.4 Å². The molecule has 1 atom stereocenters. The van der Waals surface area contributed by atoms with Gasteiger partial charge in [-0.05, 0) is 13.8 Å². The Morgan fingerprint density at radius 2 is 2.33 bits per heavy atom. The average molecular weight is 258 g/mol. The van der Waals surface area contributed by atoms with Crippen molar-refractivity contribution in [2.75, 3.05) is 13.1 Å². The second kappa shape index (κ2) is 5.89. The van der Waals surface area contributed by atoms with Gasteiger partial charge in [-0.2, -0.15) is 5.10 Å². The zero-order valence-electron chi connectivity index (χ0n) is 10.4. The topological polar surface area (TPSA) is 113 Å². The molecule has 1 unspecified atom stereocenters. The van der Waals surface area contributed by atoms with Gasteiger partial charge in [0, 0.05) is 13.1 Å². The number of hydrogen-bond acceptors (Lipinski definition) is 6. The van der Waals surface area contributed by atoms with Crippen molar-refractivity contribution in [1.29, 1.82) is 0 Å². The largest absolute Gasteiger partial charge is 0.390 e. The van der Waals surface area contributed by atoms with Crippen LogP contribution >= 0.6 is 0 Å². The monoisotopic (exact) mass is 258 g/mol. The fourth-order valence-corrected chi connectivity index (χ4v) is 1.37. The Balaban J connectivity index is 2.35. The van der Waals surface area contributed by atoms with Gasteiger partial charge in [-0.15, -0.1) is 0 Å². The fraction of sp³-hybridized carbons (Fsp3) is 0.700. The molecule has 1 aromatic rings. The lowest BCUT2D eigenvalue weighted by molar-refractivity contribution is -0.385. The molecule has 8 nitrogen and oxygen atoms in total. The lowest BCUT2D eigenvalue weighted by atomic mass is 10.1. The molecule has 3 N–H and O–H groups in total. The first-order valence-electron chi connectivity index (χ1n) is 5.56. The Bertz CT molecular complexity index is 399. The number of rotatable bonds is 7. The van der Waals surface area contributed by atoms with Crippen molar-refractivity contribution in [3.05, 3.63) is 22.5 Å². The SMILES string of the molecule is CC(C)(O)CNCC(O)Cn1cc([N+](=O)[O-])cn1. The highest BCUT2D eigenvalue weighted by molar-refractivity contribution is 5.20. The van der Waals surface area contributed by atoms with E-state index in [0.29, 0.717) is 6.54 Å². The molecule has 0 fully saturated rings. The molecule has 0 spiro atoms. The number of aliphatic hydroxyl groups excluding tert-OH is 1. The zero-order chi connectivity index (χ0) is 13.8. The molecule has 0 aliphatic heterocycles. The first-order chi connectivity index (χ1) is 8.28. The second-order valence-corrected chi connectivity index (χ2v) is 4.77. The van der Waals surface area contributed by atoms with E-state index in [-0.39, 0.29) is 18.8 Å². The molecule has 0 bridgehead atoms. The van der Waals surface area contributed by atoms with Gasteiger partial charge in [0.2, 0.25) is 0 Å². The van der Waals surface area contributed by atoms with Crippen molar-refractivity contribution < 1.29 is 15.1 Å². The summed E-state index contributed by atoms with van der Waals surface area (Å²) in [6, 6.07) is 0. The fourth-order valence-electron chi connectivity index (χ4n) is 1.37. The van der Waals surface area contributed by atoms with Crippen LogP contribution < -0.4 is 5.32 Å². The summed E-state index contributed by atoms with van der Waals surface area (Å²) in [5.74, 6) is 0. The van der Waals surface area contributed by atoms with E-state index in [0.717, 1.165) is 6.20 Å². The number of hydrogen-bond donors (Lipinski definition) is 3. The number of aromatic nitrogens is 2. The van der Waals surface area contributed by atoms with Crippen LogP contribution in [0.25, 0.3) is 0 Å². The molecule has 0 aliphatic carbocycles. The van der Waals surface area contributed by atoms with E-state index < -0.39 is 16.6 Å². The van der Waals surface area contributed by atoms with E-state index in [2.05, 4.69) is 10.4 Å². The molecule has 0 amide bonds. The third kappa shape index (κ3) is 5.21. The van der Waals surface area contributed by atoms with Crippen molar-refractivity contribution in [2.24, 2.45) is 0 Å². The van der Waals surface area contributed by atoms with Gasteiger partial charge >= 0.3 is 5.69 Å². The predicted molar refractivity (Wildman–Crippen MR) is 64.1 cm³/mol. The molecule has 0 radical (unpaired) electrons. The van der Waals surface area contributed by atoms with E-state index >= 15 is 0 Å². The molecule has 0 saturated heterocycles. The Kier molecular flexibility index (Phi) is 4.76. The first kappa shape index (κ1) is 14.6. The third-order valence-electron chi connectivity index (χ3n) is 2.17. The molecule has 0 aliphatic rings. The van der Waals surface area contributed by atoms with E-state index in [4.69, 9.17) is 0 Å². The number of nitrogens with one attached hydrogen (secondary N) is 1. The van der Waals surface area contributed by atoms with Crippen LogP contribution in [0.1, 0.15) is 13.8 Å². The zero-order valence-corrected chi connectivity index (χ0v) is 10.4. The van der Waals surface area contributed by atoms with Crippen LogP contribution in [0, 0.1) is 10.1 Å². The standard InChI is InChI=1S/C10H18N4O4/c1-10(2,16)7-11-4-9(15)6-13-5-8(3-12-13)14(17)18/h3,5,9,11,15-16H,4,6-7H2,1-2H3. The van der Waals surface area contributed by atoms with E-state index in [1.165, 1.54) is 10.9 Å². The van der Waals surface area contributed by atoms with Gasteiger partial charge in [0.1, 0.15) is 12.4 Å². The molecular weight excluding hydrogens is 240 g/mol. The minimum atomic E-state index is -0.843. The lowest BCUT2D eigenvalue weighted by Gasteiger charge is -2.19. The summed E-state index contributed by atoms with van der Waals surface area (Å²) in [5.41, 5.74) is -0.948. The van der Waals surface area contributed by atoms with Crippen LogP contribution in [-0.4, -0.2) is 49.7 Å². The summed E-state index contributed by atoms with van der Waals surface area (Å²) in [4.78, 5) is 9.89. The number of nitrogens with zero attached hydrogens (tertiary/aromatic N) is 3. The lowest BCUT2D eigenvalue weighted by Crippen LogP contribution is -2.39. The number of aliphatic hydroxyl groups is 2. The summed E-state index contributed by atoms with van der Waals surface area (Å²) in [5, 5.41) is 36.2. The third-order valence-corrected chi connectivity index (χ3v) is 2.17. The van der Waals surface area contributed by atoms with Gasteiger partial charge in [0.25, 0.3) is 0 Å². The van der Waals surface area contributed by atoms with Crippen molar-refractivity contribution in [3.8, 4) is 0 Å². The summed E-state index contributed by atoms with van der Waals surface area (Å²) < 4.78 is 1.31. The summed E-state index contributed by atoms with van der Waals surface area (Å²) in [6.07, 6.45) is 1.67. The van der Waals surface area contributed by atoms with Gasteiger partial charge in [-0.3, -0.25) is 14.8 Å². The highest BCUT2D eigenvalue weighted by atomic mass is 16.6. The van der Waals surface area contributed by atoms with Gasteiger partial charge in [0.15, 0.2) is 0 Å². The van der Waals surface area contributed by atoms with Crippen LogP contribution in [-0.2, 0) is 6.54 Å². The van der Waals surface area contributed by atoms with Crippen molar-refractivity contribution >= 4 is 5.69 Å². The summed E-state index contributed by atoms with van der Waals surface area (Å²) >= 11 is 0. The molecule has 8 heteroatoms. The molecule has 0 saturated carbocycles. The molecule has 1 rings (SSSR count). The Morgan fingerprint density at radius 1 is 1.67 bits per heavy atom. The maximum atomic E-state index is 10.4. The second-order valence-electron chi connectivity index (χ2n) is 4.77. The predicted octanol–water partition coefficient (Wildman–Crippen LogP) is -0.487. The van der Waals surface area contributed by atoms with Crippen molar-refractivity contribution in [2.45, 2.75) is 32.1 Å². The Labute approximate surface area is 104 Å². The van der Waals surface area contributed by atoms with E-state index in [1.807, 2.05) is 0 Å². The maximum Gasteiger partial charge on any atom is 0.306 e. The van der Waals surface area contributed by atoms with Crippen LogP contribution in [0.2, 0.25) is 0 Å². The molecule has 1 aromatic heterocycles. The maximum absolute atomic E-state index is 10.4. The minimum absolute atomic E-state index is 0.105. The van der Waals surface area contributed by atoms with E-state index in [9.17, 15) is 20.3 Å². The van der Waals surface area contributed by atoms with E-state index in [1.54, 1.807) is 13.8 Å². The van der Waals surface area contributed by atoms with Gasteiger partial charge in [0.05, 0.1) is 23.2 Å². The Hall–Kier alpha value is -1.51. The average Bonchev–Trinajstić information content (AvgIpc) is 2.64. The summed E-state index contributed by atoms with van der Waals surface area (Å²) in [7, 11) is 0. The molecule has 18 heavy (non-hydrogen) atoms. The summed E-state index contributed by atoms with van der Waals surface area (Å²) in [6.45, 7) is 4.10. The van der Waals surface area contributed by atoms with Gasteiger partial charge in [-0.1, -0.05) is 0 Å². The normalized spacial score (nSPS) is 13.6. The van der Waals surface area contributed by atoms with Crippen molar-refractivity contribution in [1.82, 2.24) is 15.1 Å². The van der Waals surface area contributed by atoms with Gasteiger partial charge < -0.3 is 15.5 Å². The molecule has 102 valence electrons. The highest BCUT2D eigenvalue weighted by Gasteiger charge is 2.14. The van der Waals surface area contributed by atoms with Gasteiger partial charge in [-0.25, -0.2) is 0 Å². The quantitative estimate of drug-likeness (QED) is 0.449. The van der Waals surface area contributed by atoms with Crippen LogP contribution in [0.4, 0.5) is 5.69 Å². The van der Waals surface area contributed by atoms with Crippen LogP contribution in [0.3, 0.4) is 0 Å². The minimum Gasteiger partial charge on any atom is -0.390 e. The Morgan fingerprint density at radius 3 is 2.83 bits per heavy atom. The number of nitro groups is 1. The molecular formula is C10H18N4O4. The molecule has 1 heterocycles. The van der Waals surface area contributed by atoms with Crippen molar-refractivity contribution in [3.63, 3.8) is 0 Å². The first-order valence-corrected chi connectivity index (χ1v) is 5.56. The highest BCUT2D eigenvalue weighted by Crippen LogP contribution is 2.08. The smallest absolute Gasteiger partial charge is 0.306 e. The van der Waals surface area contributed by atoms with Crippen LogP contribution in [0.5, 0.6) is 0 Å². The molecule has 0 aromatic carbocycles.